The van der Waals surface area contributed by atoms with Gasteiger partial charge >= 0.3 is 6.18 Å². The Morgan fingerprint density at radius 2 is 2.10 bits per heavy atom. The Morgan fingerprint density at radius 1 is 1.38 bits per heavy atom. The van der Waals surface area contributed by atoms with E-state index in [1.54, 1.807) is 12.1 Å². The molecular formula is C14H10ClF3INO. The molecule has 2 atom stereocenters. The summed E-state index contributed by atoms with van der Waals surface area (Å²) in [5, 5.41) is 11.5. The molecule has 1 aliphatic carbocycles. The number of rotatable bonds is 1. The number of aliphatic hydroxyl groups is 1. The van der Waals surface area contributed by atoms with Crippen LogP contribution in [0.15, 0.2) is 12.1 Å². The lowest BCUT2D eigenvalue weighted by Gasteiger charge is -2.25. The predicted molar refractivity (Wildman–Crippen MR) is 84.4 cm³/mol. The third-order valence-electron chi connectivity index (χ3n) is 4.20. The number of aryl methyl sites for hydroxylation is 1. The quantitative estimate of drug-likeness (QED) is 0.515. The SMILES string of the molecule is OC1(C(F)(F)F)CCc2c1[nH]c1ccc(Cl)c(C3C=I3)c21. The smallest absolute Gasteiger partial charge is 0.375 e. The molecular weight excluding hydrogens is 418 g/mol. The summed E-state index contributed by atoms with van der Waals surface area (Å²) in [6.07, 6.45) is -4.80. The van der Waals surface area contributed by atoms with Crippen molar-refractivity contribution in [2.75, 3.05) is 0 Å². The van der Waals surface area contributed by atoms with E-state index in [-0.39, 0.29) is 39.3 Å². The van der Waals surface area contributed by atoms with Gasteiger partial charge in [-0.05, 0) is 40.1 Å². The number of alkyl halides is 4. The van der Waals surface area contributed by atoms with Crippen LogP contribution >= 0.6 is 32.3 Å². The molecule has 2 nitrogen and oxygen atoms in total. The number of hydrogen-bond acceptors (Lipinski definition) is 1. The number of nitrogens with one attached hydrogen (secondary N) is 1. The fraction of sp³-hybridized carbons (Fsp3) is 0.357. The Bertz CT molecular complexity index is 792. The van der Waals surface area contributed by atoms with Gasteiger partial charge in [0.1, 0.15) is 0 Å². The molecule has 2 N–H and O–H groups in total. The van der Waals surface area contributed by atoms with Crippen molar-refractivity contribution < 1.29 is 18.3 Å². The summed E-state index contributed by atoms with van der Waals surface area (Å²) >= 11 is 6.22. The number of H-pyrrole nitrogens is 1. The monoisotopic (exact) mass is 427 g/mol. The number of aromatic nitrogens is 1. The second-order valence-electron chi connectivity index (χ2n) is 5.37. The molecule has 21 heavy (non-hydrogen) atoms. The standard InChI is InChI=1S/C14H10ClF3INO/c15-7-1-2-9-10(11(7)8-5-19-8)6-3-4-13(21,12(6)20-9)14(16,17)18/h1-2,5,8,20-21H,3-4H2. The van der Waals surface area contributed by atoms with Crippen molar-refractivity contribution in [1.29, 1.82) is 0 Å². The lowest BCUT2D eigenvalue weighted by atomic mass is 10.0. The largest absolute Gasteiger partial charge is 0.422 e. The average Bonchev–Trinajstić information content (AvgIpc) is 3.07. The predicted octanol–water partition coefficient (Wildman–Crippen LogP) is 4.35. The maximum atomic E-state index is 13.2. The number of benzene rings is 1. The van der Waals surface area contributed by atoms with Gasteiger partial charge in [0.05, 0.1) is 9.62 Å². The molecule has 4 rings (SSSR count). The van der Waals surface area contributed by atoms with Gasteiger partial charge in [0.15, 0.2) is 0 Å². The maximum absolute atomic E-state index is 13.2. The Kier molecular flexibility index (Phi) is 2.83. The van der Waals surface area contributed by atoms with E-state index < -0.39 is 11.8 Å². The molecule has 2 unspecified atom stereocenters. The summed E-state index contributed by atoms with van der Waals surface area (Å²) in [5.74, 6) is 0. The van der Waals surface area contributed by atoms with Crippen LogP contribution in [0.3, 0.4) is 0 Å². The first kappa shape index (κ1) is 14.0. The molecule has 0 saturated heterocycles. The van der Waals surface area contributed by atoms with E-state index in [1.807, 2.05) is 0 Å². The first-order valence-corrected chi connectivity index (χ1v) is 9.27. The van der Waals surface area contributed by atoms with E-state index in [0.29, 0.717) is 20.0 Å². The van der Waals surface area contributed by atoms with Crippen LogP contribution in [0.5, 0.6) is 0 Å². The van der Waals surface area contributed by atoms with Gasteiger partial charge in [-0.2, -0.15) is 13.2 Å². The zero-order valence-corrected chi connectivity index (χ0v) is 13.5. The minimum Gasteiger partial charge on any atom is -0.375 e. The molecule has 0 fully saturated rings. The highest BCUT2D eigenvalue weighted by Gasteiger charge is 2.59. The van der Waals surface area contributed by atoms with Gasteiger partial charge < -0.3 is 10.1 Å². The summed E-state index contributed by atoms with van der Waals surface area (Å²) in [6, 6.07) is 3.41. The molecule has 0 radical (unpaired) electrons. The lowest BCUT2D eigenvalue weighted by Crippen LogP contribution is -2.40. The van der Waals surface area contributed by atoms with Gasteiger partial charge in [0, 0.05) is 15.9 Å². The van der Waals surface area contributed by atoms with Crippen LogP contribution in [0.2, 0.25) is 5.02 Å². The van der Waals surface area contributed by atoms with Gasteiger partial charge in [-0.25, -0.2) is 0 Å². The van der Waals surface area contributed by atoms with Crippen molar-refractivity contribution in [3.63, 3.8) is 0 Å². The highest BCUT2D eigenvalue weighted by Crippen LogP contribution is 2.53. The Hall–Kier alpha value is -0.600. The molecule has 0 amide bonds. The third kappa shape index (κ3) is 1.85. The Labute approximate surface area is 133 Å². The van der Waals surface area contributed by atoms with Gasteiger partial charge in [-0.3, -0.25) is 0 Å². The molecule has 112 valence electrons. The number of hydrogen-bond donors (Lipinski definition) is 2. The lowest BCUT2D eigenvalue weighted by molar-refractivity contribution is -0.266. The van der Waals surface area contributed by atoms with Crippen molar-refractivity contribution >= 4 is 47.2 Å². The summed E-state index contributed by atoms with van der Waals surface area (Å²) in [6.45, 7) is 0. The van der Waals surface area contributed by atoms with Gasteiger partial charge in [-0.15, -0.1) is 20.7 Å². The van der Waals surface area contributed by atoms with Crippen molar-refractivity contribution in [3.8, 4) is 0 Å². The van der Waals surface area contributed by atoms with Crippen molar-refractivity contribution in [1.82, 2.24) is 4.98 Å². The van der Waals surface area contributed by atoms with Crippen LogP contribution in [-0.4, -0.2) is 20.3 Å². The zero-order chi connectivity index (χ0) is 15.0. The summed E-state index contributed by atoms with van der Waals surface area (Å²) in [4.78, 5) is 2.79. The molecule has 1 aromatic carbocycles. The minimum absolute atomic E-state index is 0.0400. The van der Waals surface area contributed by atoms with Crippen molar-refractivity contribution in [2.24, 2.45) is 0 Å². The van der Waals surface area contributed by atoms with E-state index in [4.69, 9.17) is 11.6 Å². The van der Waals surface area contributed by atoms with Crippen LogP contribution in [0.1, 0.15) is 27.2 Å². The maximum Gasteiger partial charge on any atom is 0.422 e. The van der Waals surface area contributed by atoms with Crippen LogP contribution in [-0.2, 0) is 12.0 Å². The third-order valence-corrected chi connectivity index (χ3v) is 6.59. The van der Waals surface area contributed by atoms with Crippen molar-refractivity contribution in [2.45, 2.75) is 28.5 Å². The molecule has 2 aromatic rings. The van der Waals surface area contributed by atoms with Crippen LogP contribution in [0.4, 0.5) is 13.2 Å². The Morgan fingerprint density at radius 3 is 2.71 bits per heavy atom. The second-order valence-corrected chi connectivity index (χ2v) is 8.56. The molecule has 0 spiro atoms. The average molecular weight is 428 g/mol. The zero-order valence-electron chi connectivity index (χ0n) is 10.6. The number of aromatic amines is 1. The van der Waals surface area contributed by atoms with E-state index in [2.05, 4.69) is 9.00 Å². The Balaban J connectivity index is 2.01. The van der Waals surface area contributed by atoms with E-state index in [0.717, 1.165) is 10.9 Å². The molecule has 2 aliphatic rings. The molecule has 1 aliphatic heterocycles. The number of fused-ring (bicyclic) bond motifs is 3. The first-order valence-electron chi connectivity index (χ1n) is 6.41. The van der Waals surface area contributed by atoms with Gasteiger partial charge in [-0.1, -0.05) is 11.6 Å². The molecule has 2 heterocycles. The molecule has 7 heteroatoms. The topological polar surface area (TPSA) is 36.0 Å². The summed E-state index contributed by atoms with van der Waals surface area (Å²) in [5.41, 5.74) is -0.732. The van der Waals surface area contributed by atoms with E-state index in [9.17, 15) is 18.3 Å². The van der Waals surface area contributed by atoms with E-state index >= 15 is 0 Å². The van der Waals surface area contributed by atoms with Crippen LogP contribution < -0.4 is 0 Å². The fourth-order valence-corrected chi connectivity index (χ4v) is 5.14. The molecule has 0 saturated carbocycles. The summed E-state index contributed by atoms with van der Waals surface area (Å²) in [7, 11) is 0. The molecule has 1 aromatic heterocycles. The van der Waals surface area contributed by atoms with Gasteiger partial charge in [0.2, 0.25) is 5.60 Å². The fourth-order valence-electron chi connectivity index (χ4n) is 3.11. The second kappa shape index (κ2) is 4.23. The normalized spacial score (nSPS) is 27.8. The summed E-state index contributed by atoms with van der Waals surface area (Å²) < 4.78 is 42.1. The number of halogens is 5. The highest BCUT2D eigenvalue weighted by atomic mass is 127. The van der Waals surface area contributed by atoms with E-state index in [1.165, 1.54) is 0 Å². The van der Waals surface area contributed by atoms with Crippen LogP contribution in [0, 0.1) is 0 Å². The highest BCUT2D eigenvalue weighted by molar-refractivity contribution is 14.2. The van der Waals surface area contributed by atoms with Crippen LogP contribution in [0.25, 0.3) is 10.9 Å². The molecule has 0 bridgehead atoms. The van der Waals surface area contributed by atoms with Gasteiger partial charge in [0.25, 0.3) is 0 Å². The minimum atomic E-state index is -4.68. The van der Waals surface area contributed by atoms with Crippen molar-refractivity contribution in [3.05, 3.63) is 34.0 Å². The first-order chi connectivity index (χ1) is 9.83.